The molecule has 5 heteroatoms. The SMILES string of the molecule is O=C(O)C1CC(c2ccc(Cl)o2)CCN1. The topological polar surface area (TPSA) is 62.5 Å². The summed E-state index contributed by atoms with van der Waals surface area (Å²) in [5.74, 6) is 0.130. The van der Waals surface area contributed by atoms with Crippen LogP contribution in [-0.2, 0) is 4.79 Å². The van der Waals surface area contributed by atoms with Crippen LogP contribution >= 0.6 is 11.6 Å². The summed E-state index contributed by atoms with van der Waals surface area (Å²) in [6.45, 7) is 0.694. The lowest BCUT2D eigenvalue weighted by molar-refractivity contribution is -0.140. The van der Waals surface area contributed by atoms with Crippen molar-refractivity contribution in [2.75, 3.05) is 6.54 Å². The van der Waals surface area contributed by atoms with Crippen LogP contribution in [0.1, 0.15) is 24.5 Å². The maximum atomic E-state index is 10.8. The number of carboxylic acid groups (broad SMARTS) is 1. The third-order valence-corrected chi connectivity index (χ3v) is 2.90. The Labute approximate surface area is 92.2 Å². The van der Waals surface area contributed by atoms with Crippen molar-refractivity contribution in [1.29, 1.82) is 0 Å². The summed E-state index contributed by atoms with van der Waals surface area (Å²) in [6.07, 6.45) is 1.44. The minimum Gasteiger partial charge on any atom is -0.480 e. The van der Waals surface area contributed by atoms with Gasteiger partial charge in [0, 0.05) is 5.92 Å². The molecule has 1 aromatic heterocycles. The van der Waals surface area contributed by atoms with Gasteiger partial charge in [-0.15, -0.1) is 0 Å². The second kappa shape index (κ2) is 4.24. The Morgan fingerprint density at radius 3 is 3.00 bits per heavy atom. The summed E-state index contributed by atoms with van der Waals surface area (Å²) in [5, 5.41) is 12.2. The van der Waals surface area contributed by atoms with E-state index >= 15 is 0 Å². The second-order valence-corrected chi connectivity index (χ2v) is 4.08. The lowest BCUT2D eigenvalue weighted by atomic mass is 9.90. The Hall–Kier alpha value is -1.00. The van der Waals surface area contributed by atoms with Crippen LogP contribution in [0.4, 0.5) is 0 Å². The molecule has 0 spiro atoms. The van der Waals surface area contributed by atoms with Crippen LogP contribution in [0.3, 0.4) is 0 Å². The van der Waals surface area contributed by atoms with Gasteiger partial charge in [-0.3, -0.25) is 4.79 Å². The van der Waals surface area contributed by atoms with Crippen molar-refractivity contribution in [3.63, 3.8) is 0 Å². The van der Waals surface area contributed by atoms with E-state index in [9.17, 15) is 4.79 Å². The van der Waals surface area contributed by atoms with Crippen molar-refractivity contribution in [2.24, 2.45) is 0 Å². The normalized spacial score (nSPS) is 26.5. The molecule has 2 heterocycles. The molecule has 0 amide bonds. The van der Waals surface area contributed by atoms with E-state index in [4.69, 9.17) is 21.1 Å². The molecule has 2 atom stereocenters. The second-order valence-electron chi connectivity index (χ2n) is 3.71. The predicted molar refractivity (Wildman–Crippen MR) is 55.1 cm³/mol. The molecule has 1 aromatic rings. The van der Waals surface area contributed by atoms with E-state index in [0.717, 1.165) is 12.2 Å². The molecule has 0 radical (unpaired) electrons. The highest BCUT2D eigenvalue weighted by molar-refractivity contribution is 6.28. The van der Waals surface area contributed by atoms with Crippen LogP contribution in [0.15, 0.2) is 16.5 Å². The van der Waals surface area contributed by atoms with Crippen molar-refractivity contribution in [1.82, 2.24) is 5.32 Å². The Morgan fingerprint density at radius 1 is 1.60 bits per heavy atom. The van der Waals surface area contributed by atoms with Crippen molar-refractivity contribution in [3.8, 4) is 0 Å². The zero-order chi connectivity index (χ0) is 10.8. The Morgan fingerprint density at radius 2 is 2.40 bits per heavy atom. The number of aliphatic carboxylic acids is 1. The minimum absolute atomic E-state index is 0.153. The van der Waals surface area contributed by atoms with E-state index < -0.39 is 12.0 Å². The number of halogens is 1. The van der Waals surface area contributed by atoms with Crippen molar-refractivity contribution < 1.29 is 14.3 Å². The first-order valence-electron chi connectivity index (χ1n) is 4.88. The van der Waals surface area contributed by atoms with Gasteiger partial charge in [0.1, 0.15) is 11.8 Å². The Kier molecular flexibility index (Phi) is 2.98. The van der Waals surface area contributed by atoms with Gasteiger partial charge in [-0.25, -0.2) is 0 Å². The summed E-state index contributed by atoms with van der Waals surface area (Å²) in [7, 11) is 0. The Bertz CT molecular complexity index is 363. The van der Waals surface area contributed by atoms with Crippen LogP contribution in [0.2, 0.25) is 5.22 Å². The van der Waals surface area contributed by atoms with Crippen LogP contribution in [0, 0.1) is 0 Å². The molecule has 0 aliphatic carbocycles. The van der Waals surface area contributed by atoms with Gasteiger partial charge in [0.15, 0.2) is 5.22 Å². The average molecular weight is 230 g/mol. The molecule has 1 aliphatic rings. The summed E-state index contributed by atoms with van der Waals surface area (Å²) in [5.41, 5.74) is 0. The maximum Gasteiger partial charge on any atom is 0.320 e. The quantitative estimate of drug-likeness (QED) is 0.813. The van der Waals surface area contributed by atoms with Crippen molar-refractivity contribution >= 4 is 17.6 Å². The van der Waals surface area contributed by atoms with Crippen LogP contribution in [-0.4, -0.2) is 23.7 Å². The van der Waals surface area contributed by atoms with E-state index in [1.165, 1.54) is 0 Å². The molecule has 0 saturated carbocycles. The molecular weight excluding hydrogens is 218 g/mol. The van der Waals surface area contributed by atoms with Crippen LogP contribution in [0.5, 0.6) is 0 Å². The largest absolute Gasteiger partial charge is 0.480 e. The van der Waals surface area contributed by atoms with Crippen molar-refractivity contribution in [2.45, 2.75) is 24.8 Å². The third kappa shape index (κ3) is 2.33. The smallest absolute Gasteiger partial charge is 0.320 e. The monoisotopic (exact) mass is 229 g/mol. The molecule has 0 aromatic carbocycles. The molecule has 82 valence electrons. The lowest BCUT2D eigenvalue weighted by Crippen LogP contribution is -2.42. The molecule has 1 fully saturated rings. The summed E-state index contributed by atoms with van der Waals surface area (Å²) < 4.78 is 5.30. The van der Waals surface area contributed by atoms with Gasteiger partial charge in [-0.1, -0.05) is 0 Å². The molecular formula is C10H12ClNO3. The number of hydrogen-bond donors (Lipinski definition) is 2. The number of hydrogen-bond acceptors (Lipinski definition) is 3. The highest BCUT2D eigenvalue weighted by Crippen LogP contribution is 2.30. The fourth-order valence-electron chi connectivity index (χ4n) is 1.91. The number of carbonyl (C=O) groups is 1. The first-order chi connectivity index (χ1) is 7.16. The summed E-state index contributed by atoms with van der Waals surface area (Å²) in [6, 6.07) is 3.03. The molecule has 0 bridgehead atoms. The van der Waals surface area contributed by atoms with E-state index in [1.54, 1.807) is 6.07 Å². The first kappa shape index (κ1) is 10.5. The van der Waals surface area contributed by atoms with E-state index in [-0.39, 0.29) is 5.92 Å². The zero-order valence-corrected chi connectivity index (χ0v) is 8.83. The number of furan rings is 1. The minimum atomic E-state index is -0.808. The highest BCUT2D eigenvalue weighted by atomic mass is 35.5. The van der Waals surface area contributed by atoms with E-state index in [0.29, 0.717) is 18.2 Å². The highest BCUT2D eigenvalue weighted by Gasteiger charge is 2.28. The maximum absolute atomic E-state index is 10.8. The number of piperidine rings is 1. The van der Waals surface area contributed by atoms with Gasteiger partial charge in [-0.05, 0) is 43.1 Å². The van der Waals surface area contributed by atoms with Crippen LogP contribution < -0.4 is 5.32 Å². The molecule has 2 unspecified atom stereocenters. The lowest BCUT2D eigenvalue weighted by Gasteiger charge is -2.26. The molecule has 1 saturated heterocycles. The number of carboxylic acids is 1. The van der Waals surface area contributed by atoms with Gasteiger partial charge in [0.25, 0.3) is 0 Å². The molecule has 1 aliphatic heterocycles. The first-order valence-corrected chi connectivity index (χ1v) is 5.26. The molecule has 15 heavy (non-hydrogen) atoms. The summed E-state index contributed by atoms with van der Waals surface area (Å²) >= 11 is 5.68. The standard InChI is InChI=1S/C10H12ClNO3/c11-9-2-1-8(15-9)6-3-4-12-7(5-6)10(13)14/h1-2,6-7,12H,3-5H2,(H,13,14). The Balaban J connectivity index is 2.07. The number of nitrogens with one attached hydrogen (secondary N) is 1. The predicted octanol–water partition coefficient (Wildman–Crippen LogP) is 1.85. The average Bonchev–Trinajstić information content (AvgIpc) is 2.65. The summed E-state index contributed by atoms with van der Waals surface area (Å²) in [4.78, 5) is 10.8. The van der Waals surface area contributed by atoms with E-state index in [1.807, 2.05) is 6.07 Å². The molecule has 4 nitrogen and oxygen atoms in total. The van der Waals surface area contributed by atoms with Gasteiger partial charge in [0.2, 0.25) is 0 Å². The van der Waals surface area contributed by atoms with Gasteiger partial charge >= 0.3 is 5.97 Å². The van der Waals surface area contributed by atoms with Crippen LogP contribution in [0.25, 0.3) is 0 Å². The molecule has 2 rings (SSSR count). The van der Waals surface area contributed by atoms with Gasteiger partial charge in [-0.2, -0.15) is 0 Å². The van der Waals surface area contributed by atoms with Crippen molar-refractivity contribution in [3.05, 3.63) is 23.1 Å². The third-order valence-electron chi connectivity index (χ3n) is 2.70. The zero-order valence-electron chi connectivity index (χ0n) is 8.07. The fraction of sp³-hybridized carbons (Fsp3) is 0.500. The fourth-order valence-corrected chi connectivity index (χ4v) is 2.06. The van der Waals surface area contributed by atoms with E-state index in [2.05, 4.69) is 5.32 Å². The molecule has 2 N–H and O–H groups in total. The number of rotatable bonds is 2. The van der Waals surface area contributed by atoms with Gasteiger partial charge in [0.05, 0.1) is 0 Å². The van der Waals surface area contributed by atoms with Gasteiger partial charge < -0.3 is 14.8 Å².